The van der Waals surface area contributed by atoms with Crippen molar-refractivity contribution < 1.29 is 19.4 Å². The zero-order valence-corrected chi connectivity index (χ0v) is 12.8. The van der Waals surface area contributed by atoms with E-state index in [0.717, 1.165) is 0 Å². The molecule has 0 aliphatic carbocycles. The van der Waals surface area contributed by atoms with Crippen LogP contribution in [0.2, 0.25) is 0 Å². The second kappa shape index (κ2) is 7.52. The van der Waals surface area contributed by atoms with E-state index in [1.54, 1.807) is 31.3 Å². The maximum atomic E-state index is 12.2. The van der Waals surface area contributed by atoms with Crippen molar-refractivity contribution in [2.75, 3.05) is 19.1 Å². The summed E-state index contributed by atoms with van der Waals surface area (Å²) in [5.74, 6) is -0.320. The predicted octanol–water partition coefficient (Wildman–Crippen LogP) is 2.34. The fourth-order valence-electron chi connectivity index (χ4n) is 1.96. The fraction of sp³-hybridized carbons (Fsp3) is 0.467. The van der Waals surface area contributed by atoms with Crippen LogP contribution < -0.4 is 15.0 Å². The van der Waals surface area contributed by atoms with Crippen LogP contribution in [0.5, 0.6) is 5.75 Å². The molecule has 0 radical (unpaired) electrons. The van der Waals surface area contributed by atoms with Crippen LogP contribution in [0.25, 0.3) is 0 Å². The number of hydrogen-bond acceptors (Lipinski definition) is 3. The number of carboxylic acids is 1. The lowest BCUT2D eigenvalue weighted by molar-refractivity contribution is -0.139. The van der Waals surface area contributed by atoms with Gasteiger partial charge in [0, 0.05) is 7.05 Å². The first kappa shape index (κ1) is 16.8. The number of aliphatic carboxylic acids is 1. The normalized spacial score (nSPS) is 11.9. The summed E-state index contributed by atoms with van der Waals surface area (Å²) in [6.45, 7) is 3.82. The summed E-state index contributed by atoms with van der Waals surface area (Å²) >= 11 is 0. The molecular weight excluding hydrogens is 272 g/mol. The predicted molar refractivity (Wildman–Crippen MR) is 80.8 cm³/mol. The highest BCUT2D eigenvalue weighted by Gasteiger charge is 2.24. The number of urea groups is 1. The third kappa shape index (κ3) is 4.66. The summed E-state index contributed by atoms with van der Waals surface area (Å²) in [5.41, 5.74) is 0.575. The maximum Gasteiger partial charge on any atom is 0.326 e. The second-order valence-electron chi connectivity index (χ2n) is 5.20. The van der Waals surface area contributed by atoms with E-state index in [4.69, 9.17) is 9.84 Å². The van der Waals surface area contributed by atoms with Gasteiger partial charge >= 0.3 is 12.0 Å². The molecule has 1 aromatic rings. The van der Waals surface area contributed by atoms with Crippen molar-refractivity contribution in [3.05, 3.63) is 24.3 Å². The largest absolute Gasteiger partial charge is 0.495 e. The monoisotopic (exact) mass is 294 g/mol. The summed E-state index contributed by atoms with van der Waals surface area (Å²) in [6.07, 6.45) is 0.376. The van der Waals surface area contributed by atoms with Crippen molar-refractivity contribution in [3.8, 4) is 5.75 Å². The summed E-state index contributed by atoms with van der Waals surface area (Å²) in [5, 5.41) is 11.7. The molecule has 116 valence electrons. The first-order valence-electron chi connectivity index (χ1n) is 6.76. The number of methoxy groups -OCH3 is 1. The molecule has 0 unspecified atom stereocenters. The van der Waals surface area contributed by atoms with E-state index in [1.165, 1.54) is 12.0 Å². The van der Waals surface area contributed by atoms with Gasteiger partial charge in [-0.25, -0.2) is 9.59 Å². The number of nitrogens with zero attached hydrogens (tertiary/aromatic N) is 1. The molecule has 0 saturated heterocycles. The van der Waals surface area contributed by atoms with Crippen molar-refractivity contribution in [2.45, 2.75) is 26.3 Å². The second-order valence-corrected chi connectivity index (χ2v) is 5.20. The highest BCUT2D eigenvalue weighted by Crippen LogP contribution is 2.26. The molecule has 1 rings (SSSR count). The van der Waals surface area contributed by atoms with Gasteiger partial charge in [0.05, 0.1) is 12.8 Å². The SMILES string of the molecule is COc1ccccc1N(C)C(=O)N[C@@H](CC(C)C)C(=O)O. The molecule has 0 fully saturated rings. The average molecular weight is 294 g/mol. The number of carboxylic acid groups (broad SMARTS) is 1. The molecule has 0 bridgehead atoms. The zero-order valence-electron chi connectivity index (χ0n) is 12.8. The molecule has 2 amide bonds. The quantitative estimate of drug-likeness (QED) is 0.844. The molecule has 2 N–H and O–H groups in total. The molecule has 0 spiro atoms. The topological polar surface area (TPSA) is 78.9 Å². The fourth-order valence-corrected chi connectivity index (χ4v) is 1.96. The average Bonchev–Trinajstić information content (AvgIpc) is 2.45. The third-order valence-corrected chi connectivity index (χ3v) is 3.05. The number of amides is 2. The number of rotatable bonds is 6. The molecule has 0 aliphatic rings. The highest BCUT2D eigenvalue weighted by molar-refractivity contribution is 5.95. The van der Waals surface area contributed by atoms with Gasteiger partial charge in [-0.05, 0) is 24.5 Å². The molecule has 0 aromatic heterocycles. The van der Waals surface area contributed by atoms with E-state index in [0.29, 0.717) is 17.9 Å². The van der Waals surface area contributed by atoms with Crippen LogP contribution in [-0.2, 0) is 4.79 Å². The number of para-hydroxylation sites is 2. The lowest BCUT2D eigenvalue weighted by Gasteiger charge is -2.23. The zero-order chi connectivity index (χ0) is 16.0. The Kier molecular flexibility index (Phi) is 6.02. The van der Waals surface area contributed by atoms with Gasteiger partial charge in [-0.1, -0.05) is 26.0 Å². The molecule has 1 atom stereocenters. The maximum absolute atomic E-state index is 12.2. The van der Waals surface area contributed by atoms with Gasteiger partial charge in [-0.2, -0.15) is 0 Å². The van der Waals surface area contributed by atoms with Crippen molar-refractivity contribution in [1.29, 1.82) is 0 Å². The molecule has 6 heteroatoms. The Hall–Kier alpha value is -2.24. The van der Waals surface area contributed by atoms with E-state index >= 15 is 0 Å². The Labute approximate surface area is 124 Å². The van der Waals surface area contributed by atoms with Crippen LogP contribution in [0.1, 0.15) is 20.3 Å². The lowest BCUT2D eigenvalue weighted by Crippen LogP contribution is -2.47. The van der Waals surface area contributed by atoms with Crippen LogP contribution in [0, 0.1) is 5.92 Å². The molecule has 0 saturated carbocycles. The van der Waals surface area contributed by atoms with Crippen LogP contribution in [0.4, 0.5) is 10.5 Å². The Balaban J connectivity index is 2.84. The molecule has 6 nitrogen and oxygen atoms in total. The number of ether oxygens (including phenoxy) is 1. The Morgan fingerprint density at radius 1 is 1.33 bits per heavy atom. The van der Waals surface area contributed by atoms with E-state index in [2.05, 4.69) is 5.32 Å². The molecule has 0 heterocycles. The first-order chi connectivity index (χ1) is 9.86. The number of carbonyl (C=O) groups excluding carboxylic acids is 1. The van der Waals surface area contributed by atoms with Gasteiger partial charge in [0.15, 0.2) is 0 Å². The van der Waals surface area contributed by atoms with Crippen molar-refractivity contribution in [3.63, 3.8) is 0 Å². The van der Waals surface area contributed by atoms with Crippen molar-refractivity contribution in [1.82, 2.24) is 5.32 Å². The van der Waals surface area contributed by atoms with Gasteiger partial charge in [0.2, 0.25) is 0 Å². The van der Waals surface area contributed by atoms with E-state index in [-0.39, 0.29) is 5.92 Å². The first-order valence-corrected chi connectivity index (χ1v) is 6.76. The standard InChI is InChI=1S/C15H22N2O4/c1-10(2)9-11(14(18)19)16-15(20)17(3)12-7-5-6-8-13(12)21-4/h5-8,10-11H,9H2,1-4H3,(H,16,20)(H,18,19)/t11-/m0/s1. The highest BCUT2D eigenvalue weighted by atomic mass is 16.5. The Morgan fingerprint density at radius 3 is 2.48 bits per heavy atom. The number of hydrogen-bond donors (Lipinski definition) is 2. The van der Waals surface area contributed by atoms with Gasteiger partial charge < -0.3 is 15.2 Å². The summed E-state index contributed by atoms with van der Waals surface area (Å²) < 4.78 is 5.20. The van der Waals surface area contributed by atoms with Gasteiger partial charge in [0.25, 0.3) is 0 Å². The van der Waals surface area contributed by atoms with E-state index < -0.39 is 18.0 Å². The van der Waals surface area contributed by atoms with E-state index in [9.17, 15) is 9.59 Å². The number of carbonyl (C=O) groups is 2. The third-order valence-electron chi connectivity index (χ3n) is 3.05. The van der Waals surface area contributed by atoms with Crippen molar-refractivity contribution >= 4 is 17.7 Å². The summed E-state index contributed by atoms with van der Waals surface area (Å²) in [7, 11) is 3.09. The van der Waals surface area contributed by atoms with E-state index in [1.807, 2.05) is 13.8 Å². The molecule has 1 aromatic carbocycles. The molecular formula is C15H22N2O4. The van der Waals surface area contributed by atoms with Crippen LogP contribution >= 0.6 is 0 Å². The van der Waals surface area contributed by atoms with Gasteiger partial charge in [-0.15, -0.1) is 0 Å². The Bertz CT molecular complexity index is 502. The van der Waals surface area contributed by atoms with Crippen LogP contribution in [0.3, 0.4) is 0 Å². The van der Waals surface area contributed by atoms with Crippen molar-refractivity contribution in [2.24, 2.45) is 5.92 Å². The Morgan fingerprint density at radius 2 is 1.95 bits per heavy atom. The summed E-state index contributed by atoms with van der Waals surface area (Å²) in [4.78, 5) is 24.7. The lowest BCUT2D eigenvalue weighted by atomic mass is 10.0. The minimum atomic E-state index is -1.04. The van der Waals surface area contributed by atoms with Gasteiger partial charge in [0.1, 0.15) is 11.8 Å². The molecule has 21 heavy (non-hydrogen) atoms. The number of anilines is 1. The number of benzene rings is 1. The minimum absolute atomic E-state index is 0.169. The minimum Gasteiger partial charge on any atom is -0.495 e. The van der Waals surface area contributed by atoms with Crippen LogP contribution in [0.15, 0.2) is 24.3 Å². The van der Waals surface area contributed by atoms with Crippen LogP contribution in [-0.4, -0.2) is 37.3 Å². The van der Waals surface area contributed by atoms with Gasteiger partial charge in [-0.3, -0.25) is 4.90 Å². The smallest absolute Gasteiger partial charge is 0.326 e. The summed E-state index contributed by atoms with van der Waals surface area (Å²) in [6, 6.07) is 5.66. The number of nitrogens with one attached hydrogen (secondary N) is 1. The molecule has 0 aliphatic heterocycles.